The maximum absolute atomic E-state index is 12.7. The van der Waals surface area contributed by atoms with Crippen molar-refractivity contribution in [3.05, 3.63) is 84.4 Å². The first kappa shape index (κ1) is 26.5. The van der Waals surface area contributed by atoms with Crippen LogP contribution < -0.4 is 4.90 Å². The highest BCUT2D eigenvalue weighted by Gasteiger charge is 2.37. The topological polar surface area (TPSA) is 51.6 Å². The van der Waals surface area contributed by atoms with Crippen molar-refractivity contribution in [2.24, 2.45) is 4.99 Å². The quantitative estimate of drug-likeness (QED) is 0.418. The van der Waals surface area contributed by atoms with Crippen LogP contribution in [0.4, 0.5) is 11.4 Å². The summed E-state index contributed by atoms with van der Waals surface area (Å²) in [6.45, 7) is 6.48. The SMILES string of the molecule is COC(=O)CC1c2ccccc2N=C(N2CCC(N3CCN(C)CC3)CC2)N1c1ccc(-c2ccccc2)cc1. The van der Waals surface area contributed by atoms with Crippen LogP contribution >= 0.6 is 0 Å². The van der Waals surface area contributed by atoms with Crippen molar-refractivity contribution >= 4 is 23.3 Å². The zero-order valence-electron chi connectivity index (χ0n) is 23.6. The Kier molecular flexibility index (Phi) is 7.84. The number of nitrogens with zero attached hydrogens (tertiary/aromatic N) is 5. The molecule has 0 aromatic heterocycles. The van der Waals surface area contributed by atoms with Crippen LogP contribution in [0, 0.1) is 0 Å². The third-order valence-corrected chi connectivity index (χ3v) is 8.69. The average Bonchev–Trinajstić information content (AvgIpc) is 3.02. The summed E-state index contributed by atoms with van der Waals surface area (Å²) in [5, 5.41) is 0. The van der Waals surface area contributed by atoms with E-state index in [0.717, 1.165) is 80.6 Å². The minimum absolute atomic E-state index is 0.200. The van der Waals surface area contributed by atoms with Crippen LogP contribution in [0.1, 0.15) is 30.9 Å². The van der Waals surface area contributed by atoms with Gasteiger partial charge in [-0.2, -0.15) is 0 Å². The molecule has 2 saturated heterocycles. The van der Waals surface area contributed by atoms with Gasteiger partial charge < -0.3 is 19.4 Å². The number of benzene rings is 3. The van der Waals surface area contributed by atoms with Crippen molar-refractivity contribution < 1.29 is 9.53 Å². The molecule has 3 heterocycles. The first-order valence-corrected chi connectivity index (χ1v) is 14.5. The van der Waals surface area contributed by atoms with Crippen molar-refractivity contribution in [1.82, 2.24) is 14.7 Å². The summed E-state index contributed by atoms with van der Waals surface area (Å²) >= 11 is 0. The molecule has 7 heteroatoms. The van der Waals surface area contributed by atoms with E-state index in [-0.39, 0.29) is 18.4 Å². The number of methoxy groups -OCH3 is 1. The number of ether oxygens (including phenoxy) is 1. The lowest BCUT2D eigenvalue weighted by Crippen LogP contribution is -2.55. The molecule has 0 N–H and O–H groups in total. The number of fused-ring (bicyclic) bond motifs is 1. The summed E-state index contributed by atoms with van der Waals surface area (Å²) in [4.78, 5) is 27.7. The first-order valence-electron chi connectivity index (χ1n) is 14.5. The van der Waals surface area contributed by atoms with Crippen LogP contribution in [0.5, 0.6) is 0 Å². The van der Waals surface area contributed by atoms with Crippen LogP contribution in [0.15, 0.2) is 83.9 Å². The molecule has 3 aliphatic heterocycles. The maximum atomic E-state index is 12.7. The maximum Gasteiger partial charge on any atom is 0.307 e. The molecule has 40 heavy (non-hydrogen) atoms. The molecule has 3 aromatic carbocycles. The number of likely N-dealkylation sites (N-methyl/N-ethyl adjacent to an activating group) is 1. The van der Waals surface area contributed by atoms with Gasteiger partial charge in [0.25, 0.3) is 0 Å². The number of piperidine rings is 1. The summed E-state index contributed by atoms with van der Waals surface area (Å²) in [7, 11) is 3.68. The molecule has 2 fully saturated rings. The Labute approximate surface area is 237 Å². The number of hydrogen-bond donors (Lipinski definition) is 0. The van der Waals surface area contributed by atoms with Crippen molar-refractivity contribution in [2.75, 3.05) is 58.3 Å². The molecule has 0 aliphatic carbocycles. The molecular weight excluding hydrogens is 498 g/mol. The first-order chi connectivity index (χ1) is 19.6. The summed E-state index contributed by atoms with van der Waals surface area (Å²) in [6.07, 6.45) is 2.49. The molecule has 7 nitrogen and oxygen atoms in total. The minimum atomic E-state index is -0.222. The number of para-hydroxylation sites is 1. The second kappa shape index (κ2) is 11.8. The van der Waals surface area contributed by atoms with Gasteiger partial charge in [-0.3, -0.25) is 9.69 Å². The van der Waals surface area contributed by atoms with Gasteiger partial charge >= 0.3 is 5.97 Å². The fraction of sp³-hybridized carbons (Fsp3) is 0.394. The smallest absolute Gasteiger partial charge is 0.307 e. The van der Waals surface area contributed by atoms with Gasteiger partial charge in [-0.05, 0) is 49.2 Å². The van der Waals surface area contributed by atoms with E-state index in [0.29, 0.717) is 6.04 Å². The highest BCUT2D eigenvalue weighted by Crippen LogP contribution is 2.41. The van der Waals surface area contributed by atoms with E-state index in [2.05, 4.69) is 87.3 Å². The summed E-state index contributed by atoms with van der Waals surface area (Å²) < 4.78 is 5.17. The number of anilines is 1. The molecule has 0 spiro atoms. The molecule has 6 rings (SSSR count). The van der Waals surface area contributed by atoms with Crippen molar-refractivity contribution in [3.63, 3.8) is 0 Å². The Morgan fingerprint density at radius 1 is 0.825 bits per heavy atom. The number of rotatable bonds is 5. The second-order valence-corrected chi connectivity index (χ2v) is 11.1. The van der Waals surface area contributed by atoms with E-state index < -0.39 is 0 Å². The van der Waals surface area contributed by atoms with Gasteiger partial charge in [-0.1, -0.05) is 60.7 Å². The van der Waals surface area contributed by atoms with Crippen LogP contribution in [-0.2, 0) is 9.53 Å². The van der Waals surface area contributed by atoms with Crippen molar-refractivity contribution in [3.8, 4) is 11.1 Å². The second-order valence-electron chi connectivity index (χ2n) is 11.1. The van der Waals surface area contributed by atoms with Crippen LogP contribution in [0.2, 0.25) is 0 Å². The predicted molar refractivity (Wildman–Crippen MR) is 161 cm³/mol. The molecule has 3 aromatic rings. The standard InChI is InChI=1S/C33H39N5O2/c1-35-20-22-36(23-21-35)27-16-18-37(19-17-27)33-34-30-11-7-6-10-29(30)31(24-32(39)40-2)38(33)28-14-12-26(13-15-28)25-8-4-3-5-9-25/h3-15,27,31H,16-24H2,1-2H3. The van der Waals surface area contributed by atoms with Gasteiger partial charge in [-0.25, -0.2) is 4.99 Å². The molecule has 0 bridgehead atoms. The number of piperazine rings is 1. The number of carbonyl (C=O) groups is 1. The molecule has 208 valence electrons. The summed E-state index contributed by atoms with van der Waals surface area (Å²) in [6, 6.07) is 27.7. The average molecular weight is 538 g/mol. The molecule has 3 aliphatic rings. The fourth-order valence-corrected chi connectivity index (χ4v) is 6.34. The van der Waals surface area contributed by atoms with E-state index in [1.165, 1.54) is 12.7 Å². The Bertz CT molecular complexity index is 1330. The zero-order valence-corrected chi connectivity index (χ0v) is 23.6. The fourth-order valence-electron chi connectivity index (χ4n) is 6.34. The number of guanidine groups is 1. The predicted octanol–water partition coefficient (Wildman–Crippen LogP) is 5.18. The summed E-state index contributed by atoms with van der Waals surface area (Å²) in [5.41, 5.74) is 5.37. The molecule has 1 atom stereocenters. The normalized spacial score (nSPS) is 20.6. The Morgan fingerprint density at radius 3 is 2.17 bits per heavy atom. The van der Waals surface area contributed by atoms with E-state index in [9.17, 15) is 4.79 Å². The van der Waals surface area contributed by atoms with Gasteiger partial charge in [0, 0.05) is 56.6 Å². The van der Waals surface area contributed by atoms with E-state index in [1.807, 2.05) is 18.2 Å². The zero-order chi connectivity index (χ0) is 27.5. The van der Waals surface area contributed by atoms with Crippen molar-refractivity contribution in [1.29, 1.82) is 0 Å². The number of aliphatic imine (C=N–C) groups is 1. The number of carbonyl (C=O) groups excluding carboxylic acids is 1. The van der Waals surface area contributed by atoms with Gasteiger partial charge in [0.15, 0.2) is 0 Å². The number of esters is 1. The number of hydrogen-bond acceptors (Lipinski definition) is 7. The van der Waals surface area contributed by atoms with Gasteiger partial charge in [0.1, 0.15) is 0 Å². The monoisotopic (exact) mass is 537 g/mol. The van der Waals surface area contributed by atoms with Gasteiger partial charge in [0.2, 0.25) is 5.96 Å². The van der Waals surface area contributed by atoms with Crippen LogP contribution in [0.3, 0.4) is 0 Å². The van der Waals surface area contributed by atoms with E-state index >= 15 is 0 Å². The lowest BCUT2D eigenvalue weighted by molar-refractivity contribution is -0.141. The molecule has 0 radical (unpaired) electrons. The Balaban J connectivity index is 1.32. The van der Waals surface area contributed by atoms with E-state index in [1.54, 1.807) is 0 Å². The van der Waals surface area contributed by atoms with Crippen molar-refractivity contribution in [2.45, 2.75) is 31.3 Å². The third kappa shape index (κ3) is 5.49. The lowest BCUT2D eigenvalue weighted by Gasteiger charge is -2.46. The molecule has 1 unspecified atom stereocenters. The highest BCUT2D eigenvalue weighted by molar-refractivity contribution is 6.01. The van der Waals surface area contributed by atoms with E-state index in [4.69, 9.17) is 9.73 Å². The van der Waals surface area contributed by atoms with Crippen LogP contribution in [0.25, 0.3) is 11.1 Å². The van der Waals surface area contributed by atoms with Crippen LogP contribution in [-0.4, -0.2) is 86.1 Å². The minimum Gasteiger partial charge on any atom is -0.469 e. The highest BCUT2D eigenvalue weighted by atomic mass is 16.5. The third-order valence-electron chi connectivity index (χ3n) is 8.69. The number of likely N-dealkylation sites (tertiary alicyclic amines) is 1. The Hall–Kier alpha value is -3.68. The van der Waals surface area contributed by atoms with Gasteiger partial charge in [0.05, 0.1) is 25.3 Å². The Morgan fingerprint density at radius 2 is 1.48 bits per heavy atom. The molecule has 0 amide bonds. The lowest BCUT2D eigenvalue weighted by atomic mass is 9.96. The van der Waals surface area contributed by atoms with Gasteiger partial charge in [-0.15, -0.1) is 0 Å². The molecule has 0 saturated carbocycles. The molecular formula is C33H39N5O2. The summed E-state index contributed by atoms with van der Waals surface area (Å²) in [5.74, 6) is 0.706. The largest absolute Gasteiger partial charge is 0.469 e.